The van der Waals surface area contributed by atoms with Crippen molar-refractivity contribution < 1.29 is 13.9 Å². The van der Waals surface area contributed by atoms with Gasteiger partial charge in [-0.2, -0.15) is 5.10 Å². The topological polar surface area (TPSA) is 68.3 Å². The molecule has 1 aliphatic heterocycles. The predicted octanol–water partition coefficient (Wildman–Crippen LogP) is 6.02. The predicted molar refractivity (Wildman–Crippen MR) is 152 cm³/mol. The van der Waals surface area contributed by atoms with Crippen molar-refractivity contribution in [1.29, 1.82) is 0 Å². The highest BCUT2D eigenvalue weighted by Gasteiger charge is 2.23. The fourth-order valence-electron chi connectivity index (χ4n) is 5.31. The number of imidazole rings is 1. The second-order valence-electron chi connectivity index (χ2n) is 9.91. The van der Waals surface area contributed by atoms with Gasteiger partial charge in [0.15, 0.2) is 5.76 Å². The lowest BCUT2D eigenvalue weighted by molar-refractivity contribution is 0.229. The van der Waals surface area contributed by atoms with Gasteiger partial charge in [-0.25, -0.2) is 9.50 Å². The van der Waals surface area contributed by atoms with Crippen LogP contribution in [0.4, 0.5) is 5.69 Å². The first-order chi connectivity index (χ1) is 18.5. The lowest BCUT2D eigenvalue weighted by Crippen LogP contribution is -2.52. The van der Waals surface area contributed by atoms with E-state index in [1.807, 2.05) is 37.4 Å². The smallest absolute Gasteiger partial charge is 0.212 e. The Bertz CT molecular complexity index is 1540. The van der Waals surface area contributed by atoms with E-state index in [0.29, 0.717) is 18.4 Å². The van der Waals surface area contributed by atoms with Crippen molar-refractivity contribution in [1.82, 2.24) is 19.5 Å². The Balaban J connectivity index is 1.23. The van der Waals surface area contributed by atoms with Crippen LogP contribution < -0.4 is 14.4 Å². The zero-order valence-corrected chi connectivity index (χ0v) is 23.1. The third-order valence-corrected chi connectivity index (χ3v) is 7.96. The van der Waals surface area contributed by atoms with Gasteiger partial charge in [-0.05, 0) is 51.1 Å². The quantitative estimate of drug-likeness (QED) is 0.242. The first-order valence-electron chi connectivity index (χ1n) is 13.2. The van der Waals surface area contributed by atoms with Crippen LogP contribution in [0.3, 0.4) is 0 Å². The molecule has 0 spiro atoms. The van der Waals surface area contributed by atoms with Gasteiger partial charge in [0.25, 0.3) is 0 Å². The van der Waals surface area contributed by atoms with Gasteiger partial charge in [-0.15, -0.1) is 0 Å². The summed E-state index contributed by atoms with van der Waals surface area (Å²) >= 11 is 1.56. The molecule has 0 unspecified atom stereocenters. The number of methoxy groups -OCH3 is 1. The summed E-state index contributed by atoms with van der Waals surface area (Å²) in [5.41, 5.74) is 3.70. The molecule has 2 aromatic carbocycles. The molecule has 6 rings (SSSR count). The van der Waals surface area contributed by atoms with E-state index < -0.39 is 0 Å². The van der Waals surface area contributed by atoms with Crippen LogP contribution >= 0.6 is 11.3 Å². The minimum atomic E-state index is 0.398. The maximum Gasteiger partial charge on any atom is 0.212 e. The molecule has 1 atom stereocenters. The molecule has 0 radical (unpaired) electrons. The van der Waals surface area contributed by atoms with Crippen LogP contribution in [0.2, 0.25) is 0 Å². The molecule has 1 saturated heterocycles. The molecule has 1 fully saturated rings. The number of piperazine rings is 1. The van der Waals surface area contributed by atoms with E-state index >= 15 is 0 Å². The average Bonchev–Trinajstić information content (AvgIpc) is 3.60. The molecule has 9 heteroatoms. The fourth-order valence-corrected chi connectivity index (χ4v) is 6.04. The second kappa shape index (κ2) is 10.3. The van der Waals surface area contributed by atoms with Crippen molar-refractivity contribution in [2.45, 2.75) is 39.8 Å². The van der Waals surface area contributed by atoms with Crippen molar-refractivity contribution in [3.63, 3.8) is 0 Å². The van der Waals surface area contributed by atoms with Gasteiger partial charge >= 0.3 is 0 Å². The Morgan fingerprint density at radius 2 is 2.03 bits per heavy atom. The minimum absolute atomic E-state index is 0.398. The normalized spacial score (nSPS) is 16.5. The molecule has 0 aliphatic carbocycles. The molecule has 4 heterocycles. The molecule has 0 N–H and O–H groups in total. The highest BCUT2D eigenvalue weighted by Crippen LogP contribution is 2.34. The Morgan fingerprint density at radius 1 is 1.13 bits per heavy atom. The lowest BCUT2D eigenvalue weighted by Gasteiger charge is -2.41. The largest absolute Gasteiger partial charge is 0.497 e. The average molecular weight is 532 g/mol. The molecule has 0 amide bonds. The summed E-state index contributed by atoms with van der Waals surface area (Å²) in [6.45, 7) is 11.3. The summed E-state index contributed by atoms with van der Waals surface area (Å²) in [5.74, 6) is 2.27. The summed E-state index contributed by atoms with van der Waals surface area (Å²) in [7, 11) is 1.66. The Kier molecular flexibility index (Phi) is 6.71. The number of hydrogen-bond donors (Lipinski definition) is 0. The Labute approximate surface area is 226 Å². The van der Waals surface area contributed by atoms with Gasteiger partial charge in [0.1, 0.15) is 34.4 Å². The summed E-state index contributed by atoms with van der Waals surface area (Å²) in [6.07, 6.45) is 3.10. The van der Waals surface area contributed by atoms with Crippen molar-refractivity contribution in [2.75, 3.05) is 38.2 Å². The Hall–Kier alpha value is -3.56. The molecule has 8 nitrogen and oxygen atoms in total. The van der Waals surface area contributed by atoms with Gasteiger partial charge in [0.2, 0.25) is 4.96 Å². The summed E-state index contributed by atoms with van der Waals surface area (Å²) in [5, 5.41) is 6.43. The van der Waals surface area contributed by atoms with Gasteiger partial charge < -0.3 is 18.8 Å². The van der Waals surface area contributed by atoms with Crippen LogP contribution in [0.5, 0.6) is 11.5 Å². The fraction of sp³-hybridized carbons (Fsp3) is 0.379. The molecule has 3 aromatic heterocycles. The highest BCUT2D eigenvalue weighted by atomic mass is 32.1. The summed E-state index contributed by atoms with van der Waals surface area (Å²) in [6, 6.07) is 14.8. The first-order valence-corrected chi connectivity index (χ1v) is 14.0. The van der Waals surface area contributed by atoms with E-state index in [2.05, 4.69) is 46.9 Å². The number of hydrogen-bond acceptors (Lipinski definition) is 8. The molecule has 198 valence electrons. The van der Waals surface area contributed by atoms with Gasteiger partial charge in [0.05, 0.1) is 13.3 Å². The number of benzene rings is 2. The van der Waals surface area contributed by atoms with E-state index in [0.717, 1.165) is 63.3 Å². The Morgan fingerprint density at radius 3 is 2.82 bits per heavy atom. The second-order valence-corrected chi connectivity index (χ2v) is 11.1. The third-order valence-electron chi connectivity index (χ3n) is 7.12. The number of aromatic nitrogens is 3. The number of anilines is 1. The monoisotopic (exact) mass is 531 g/mol. The van der Waals surface area contributed by atoms with E-state index in [-0.39, 0.29) is 0 Å². The minimum Gasteiger partial charge on any atom is -0.497 e. The molecule has 5 aromatic rings. The number of ether oxygens (including phenoxy) is 2. The highest BCUT2D eigenvalue weighted by molar-refractivity contribution is 7.16. The molecule has 0 bridgehead atoms. The number of furan rings is 1. The summed E-state index contributed by atoms with van der Waals surface area (Å²) in [4.78, 5) is 10.6. The number of aryl methyl sites for hydroxylation is 1. The SMILES string of the molecule is CCCN1CCN(c2cccc(OCc3cc(OC)cc4oc(-c5cn6nc(C)sc6n5)cc34)c2)[C@H](C)C1. The summed E-state index contributed by atoms with van der Waals surface area (Å²) < 4.78 is 19.9. The lowest BCUT2D eigenvalue weighted by atomic mass is 10.1. The van der Waals surface area contributed by atoms with Crippen LogP contribution in [0.15, 0.2) is 53.1 Å². The van der Waals surface area contributed by atoms with E-state index in [4.69, 9.17) is 18.9 Å². The molecular weight excluding hydrogens is 498 g/mol. The van der Waals surface area contributed by atoms with Gasteiger partial charge in [0, 0.05) is 54.4 Å². The van der Waals surface area contributed by atoms with Crippen molar-refractivity contribution in [2.24, 2.45) is 0 Å². The van der Waals surface area contributed by atoms with E-state index in [1.165, 1.54) is 18.7 Å². The molecule has 1 aliphatic rings. The van der Waals surface area contributed by atoms with Crippen LogP contribution in [0, 0.1) is 6.92 Å². The zero-order valence-electron chi connectivity index (χ0n) is 22.3. The van der Waals surface area contributed by atoms with Crippen LogP contribution in [-0.4, -0.2) is 58.8 Å². The maximum atomic E-state index is 6.33. The van der Waals surface area contributed by atoms with Crippen LogP contribution in [-0.2, 0) is 6.61 Å². The van der Waals surface area contributed by atoms with Crippen molar-refractivity contribution in [3.05, 3.63) is 59.2 Å². The molecular formula is C29H33N5O3S. The number of fused-ring (bicyclic) bond motifs is 2. The third kappa shape index (κ3) is 4.83. The number of rotatable bonds is 8. The standard InChI is InChI=1S/C29H33N5O3S/c1-5-9-32-10-11-33(19(2)16-32)22-7-6-8-23(13-22)36-18-21-12-24(35-4)14-27-25(21)15-28(37-27)26-17-34-29(30-26)38-20(3)31-34/h6-8,12-15,17,19H,5,9-11,16,18H2,1-4H3/t19-/m1/s1. The zero-order chi connectivity index (χ0) is 26.2. The van der Waals surface area contributed by atoms with Crippen LogP contribution in [0.25, 0.3) is 27.4 Å². The van der Waals surface area contributed by atoms with E-state index in [9.17, 15) is 0 Å². The van der Waals surface area contributed by atoms with Crippen LogP contribution in [0.1, 0.15) is 30.8 Å². The first kappa shape index (κ1) is 24.8. The number of nitrogens with zero attached hydrogens (tertiary/aromatic N) is 5. The molecule has 0 saturated carbocycles. The van der Waals surface area contributed by atoms with Crippen molar-refractivity contribution >= 4 is 33.0 Å². The van der Waals surface area contributed by atoms with E-state index in [1.54, 1.807) is 23.0 Å². The maximum absolute atomic E-state index is 6.33. The molecule has 38 heavy (non-hydrogen) atoms. The van der Waals surface area contributed by atoms with Gasteiger partial charge in [-0.3, -0.25) is 4.90 Å². The van der Waals surface area contributed by atoms with Gasteiger partial charge in [-0.1, -0.05) is 24.3 Å². The van der Waals surface area contributed by atoms with Crippen molar-refractivity contribution in [3.8, 4) is 23.0 Å².